The first-order chi connectivity index (χ1) is 9.47. The molecule has 7 nitrogen and oxygen atoms in total. The Morgan fingerprint density at radius 2 is 2.20 bits per heavy atom. The van der Waals surface area contributed by atoms with Crippen LogP contribution in [0.5, 0.6) is 0 Å². The minimum atomic E-state index is -1.16. The molecule has 1 atom stereocenters. The van der Waals surface area contributed by atoms with E-state index in [1.54, 1.807) is 6.92 Å². The van der Waals surface area contributed by atoms with E-state index >= 15 is 0 Å². The van der Waals surface area contributed by atoms with Crippen LogP contribution in [0.2, 0.25) is 0 Å². The molecule has 1 aliphatic heterocycles. The molecule has 0 radical (unpaired) electrons. The predicted octanol–water partition coefficient (Wildman–Crippen LogP) is 0.908. The fourth-order valence-electron chi connectivity index (χ4n) is 2.35. The minimum Gasteiger partial charge on any atom is -0.480 e. The molecule has 0 aliphatic carbocycles. The summed E-state index contributed by atoms with van der Waals surface area (Å²) in [7, 11) is 1.53. The SMILES string of the molecule is COCCN(CCC#N)C(=O)N1CCCC1(C)C(=O)O. The van der Waals surface area contributed by atoms with E-state index in [0.29, 0.717) is 32.5 Å². The average molecular weight is 283 g/mol. The van der Waals surface area contributed by atoms with E-state index in [-0.39, 0.29) is 19.0 Å². The zero-order chi connectivity index (χ0) is 15.2. The third-order valence-corrected chi connectivity index (χ3v) is 3.66. The van der Waals surface area contributed by atoms with Crippen molar-refractivity contribution in [2.24, 2.45) is 0 Å². The summed E-state index contributed by atoms with van der Waals surface area (Å²) in [5, 5.41) is 18.0. The lowest BCUT2D eigenvalue weighted by molar-refractivity contribution is -0.147. The van der Waals surface area contributed by atoms with Gasteiger partial charge in [0.25, 0.3) is 0 Å². The molecule has 1 aliphatic rings. The van der Waals surface area contributed by atoms with Crippen molar-refractivity contribution >= 4 is 12.0 Å². The molecule has 1 heterocycles. The fourth-order valence-corrected chi connectivity index (χ4v) is 2.35. The predicted molar refractivity (Wildman–Crippen MR) is 71.1 cm³/mol. The zero-order valence-corrected chi connectivity index (χ0v) is 12.0. The van der Waals surface area contributed by atoms with Gasteiger partial charge in [0.05, 0.1) is 19.1 Å². The van der Waals surface area contributed by atoms with Crippen LogP contribution in [0.15, 0.2) is 0 Å². The lowest BCUT2D eigenvalue weighted by Crippen LogP contribution is -2.55. The number of carboxylic acid groups (broad SMARTS) is 1. The molecule has 1 rings (SSSR count). The van der Waals surface area contributed by atoms with E-state index in [1.807, 2.05) is 6.07 Å². The van der Waals surface area contributed by atoms with Gasteiger partial charge in [-0.15, -0.1) is 0 Å². The molecule has 0 aromatic heterocycles. The van der Waals surface area contributed by atoms with Gasteiger partial charge in [0.15, 0.2) is 0 Å². The number of nitriles is 1. The summed E-state index contributed by atoms with van der Waals surface area (Å²) in [4.78, 5) is 26.8. The number of aliphatic carboxylic acids is 1. The first kappa shape index (κ1) is 16.2. The van der Waals surface area contributed by atoms with Crippen molar-refractivity contribution < 1.29 is 19.4 Å². The summed E-state index contributed by atoms with van der Waals surface area (Å²) < 4.78 is 4.95. The molecule has 2 amide bonds. The third kappa shape index (κ3) is 3.39. The van der Waals surface area contributed by atoms with Crippen LogP contribution in [-0.2, 0) is 9.53 Å². The van der Waals surface area contributed by atoms with E-state index in [9.17, 15) is 14.7 Å². The lowest BCUT2D eigenvalue weighted by Gasteiger charge is -2.35. The highest BCUT2D eigenvalue weighted by Crippen LogP contribution is 2.30. The van der Waals surface area contributed by atoms with Crippen molar-refractivity contribution in [3.8, 4) is 6.07 Å². The third-order valence-electron chi connectivity index (χ3n) is 3.66. The zero-order valence-electron chi connectivity index (χ0n) is 12.0. The smallest absolute Gasteiger partial charge is 0.329 e. The Hall–Kier alpha value is -1.81. The van der Waals surface area contributed by atoms with Crippen molar-refractivity contribution in [1.29, 1.82) is 5.26 Å². The maximum Gasteiger partial charge on any atom is 0.329 e. The first-order valence-corrected chi connectivity index (χ1v) is 6.63. The minimum absolute atomic E-state index is 0.215. The van der Waals surface area contributed by atoms with Gasteiger partial charge >= 0.3 is 12.0 Å². The van der Waals surface area contributed by atoms with Gasteiger partial charge in [-0.2, -0.15) is 5.26 Å². The fraction of sp³-hybridized carbons (Fsp3) is 0.769. The van der Waals surface area contributed by atoms with Crippen molar-refractivity contribution in [1.82, 2.24) is 9.80 Å². The highest BCUT2D eigenvalue weighted by Gasteiger charge is 2.47. The Kier molecular flexibility index (Phi) is 5.77. The van der Waals surface area contributed by atoms with Gasteiger partial charge in [-0.3, -0.25) is 0 Å². The molecule has 0 bridgehead atoms. The standard InChI is InChI=1S/C13H21N3O4/c1-13(11(17)18)5-3-8-16(13)12(19)15(7-4-6-14)9-10-20-2/h3-5,7-10H2,1-2H3,(H,17,18). The van der Waals surface area contributed by atoms with Crippen LogP contribution in [0.1, 0.15) is 26.2 Å². The maximum absolute atomic E-state index is 12.5. The number of amides is 2. The van der Waals surface area contributed by atoms with E-state index in [0.717, 1.165) is 0 Å². The number of ether oxygens (including phenoxy) is 1. The second kappa shape index (κ2) is 7.10. The van der Waals surface area contributed by atoms with Gasteiger partial charge in [0.2, 0.25) is 0 Å². The number of likely N-dealkylation sites (tertiary alicyclic amines) is 1. The van der Waals surface area contributed by atoms with Gasteiger partial charge < -0.3 is 19.6 Å². The Bertz CT molecular complexity index is 407. The van der Waals surface area contributed by atoms with Gasteiger partial charge in [-0.05, 0) is 19.8 Å². The average Bonchev–Trinajstić information content (AvgIpc) is 2.82. The molecule has 0 spiro atoms. The summed E-state index contributed by atoms with van der Waals surface area (Å²) in [6.45, 7) is 2.99. The van der Waals surface area contributed by atoms with Crippen molar-refractivity contribution in [3.05, 3.63) is 0 Å². The molecule has 7 heteroatoms. The largest absolute Gasteiger partial charge is 0.480 e. The molecule has 0 aromatic carbocycles. The second-order valence-electron chi connectivity index (χ2n) is 5.00. The topological polar surface area (TPSA) is 93.9 Å². The van der Waals surface area contributed by atoms with Crippen molar-refractivity contribution in [2.75, 3.05) is 33.4 Å². The summed E-state index contributed by atoms with van der Waals surface area (Å²) in [5.41, 5.74) is -1.16. The van der Waals surface area contributed by atoms with Gasteiger partial charge in [-0.1, -0.05) is 0 Å². The number of rotatable bonds is 6. The van der Waals surface area contributed by atoms with Crippen LogP contribution in [-0.4, -0.2) is 65.8 Å². The second-order valence-corrected chi connectivity index (χ2v) is 5.00. The normalized spacial score (nSPS) is 21.6. The Morgan fingerprint density at radius 1 is 1.50 bits per heavy atom. The van der Waals surface area contributed by atoms with E-state index in [1.165, 1.54) is 16.9 Å². The first-order valence-electron chi connectivity index (χ1n) is 6.63. The van der Waals surface area contributed by atoms with Gasteiger partial charge in [-0.25, -0.2) is 9.59 Å². The lowest BCUT2D eigenvalue weighted by atomic mass is 10.00. The molecule has 0 aromatic rings. The maximum atomic E-state index is 12.5. The van der Waals surface area contributed by atoms with E-state index in [2.05, 4.69) is 0 Å². The number of nitrogens with zero attached hydrogens (tertiary/aromatic N) is 3. The van der Waals surface area contributed by atoms with E-state index in [4.69, 9.17) is 10.00 Å². The Labute approximate surface area is 118 Å². The van der Waals surface area contributed by atoms with Gasteiger partial charge in [0, 0.05) is 26.7 Å². The molecule has 20 heavy (non-hydrogen) atoms. The summed E-state index contributed by atoms with van der Waals surface area (Å²) in [6, 6.07) is 1.66. The number of hydrogen-bond donors (Lipinski definition) is 1. The number of carbonyl (C=O) groups excluding carboxylic acids is 1. The highest BCUT2D eigenvalue weighted by molar-refractivity contribution is 5.86. The molecule has 0 saturated carbocycles. The molecule has 1 unspecified atom stereocenters. The summed E-state index contributed by atoms with van der Waals surface area (Å²) in [5.74, 6) is -0.990. The number of methoxy groups -OCH3 is 1. The highest BCUT2D eigenvalue weighted by atomic mass is 16.5. The molecule has 1 fully saturated rings. The van der Waals surface area contributed by atoms with E-state index < -0.39 is 11.5 Å². The van der Waals surface area contributed by atoms with Crippen LogP contribution in [0.3, 0.4) is 0 Å². The Balaban J connectivity index is 2.82. The van der Waals surface area contributed by atoms with Crippen molar-refractivity contribution in [3.63, 3.8) is 0 Å². The number of carbonyl (C=O) groups is 2. The summed E-state index contributed by atoms with van der Waals surface area (Å²) in [6.07, 6.45) is 1.34. The summed E-state index contributed by atoms with van der Waals surface area (Å²) >= 11 is 0. The molecule has 1 saturated heterocycles. The van der Waals surface area contributed by atoms with Crippen LogP contribution in [0, 0.1) is 11.3 Å². The molecular formula is C13H21N3O4. The number of hydrogen-bond acceptors (Lipinski definition) is 4. The van der Waals surface area contributed by atoms with Crippen LogP contribution < -0.4 is 0 Å². The molecular weight excluding hydrogens is 262 g/mol. The van der Waals surface area contributed by atoms with Crippen molar-refractivity contribution in [2.45, 2.75) is 31.7 Å². The Morgan fingerprint density at radius 3 is 2.75 bits per heavy atom. The number of carboxylic acids is 1. The number of urea groups is 1. The van der Waals surface area contributed by atoms with Crippen LogP contribution >= 0.6 is 0 Å². The monoisotopic (exact) mass is 283 g/mol. The molecule has 112 valence electrons. The quantitative estimate of drug-likeness (QED) is 0.782. The molecule has 1 N–H and O–H groups in total. The van der Waals surface area contributed by atoms with Crippen LogP contribution in [0.4, 0.5) is 4.79 Å². The van der Waals surface area contributed by atoms with Gasteiger partial charge in [0.1, 0.15) is 5.54 Å². The van der Waals surface area contributed by atoms with Crippen LogP contribution in [0.25, 0.3) is 0 Å².